The van der Waals surface area contributed by atoms with Crippen LogP contribution in [0.25, 0.3) is 11.2 Å². The van der Waals surface area contributed by atoms with E-state index in [1.54, 1.807) is 11.7 Å². The summed E-state index contributed by atoms with van der Waals surface area (Å²) in [5.74, 6) is -0.294. The number of carboxylic acids is 1. The van der Waals surface area contributed by atoms with E-state index >= 15 is 0 Å². The molecule has 0 fully saturated rings. The number of aliphatic carboxylic acids is 1. The molecule has 10 nitrogen and oxygen atoms in total. The molecule has 1 aromatic carbocycles. The number of carbonyl (C=O) groups is 1. The molecule has 0 N–H and O–H groups in total. The van der Waals surface area contributed by atoms with Gasteiger partial charge in [-0.15, -0.1) is 0 Å². The van der Waals surface area contributed by atoms with Crippen LogP contribution in [0, 0.1) is 0 Å². The molecule has 0 radical (unpaired) electrons. The van der Waals surface area contributed by atoms with Gasteiger partial charge in [-0.3, -0.25) is 13.9 Å². The van der Waals surface area contributed by atoms with Gasteiger partial charge in [-0.1, -0.05) is 6.07 Å². The summed E-state index contributed by atoms with van der Waals surface area (Å²) in [5.41, 5.74) is -0.172. The summed E-state index contributed by atoms with van der Waals surface area (Å²) in [5, 5.41) is 11.0. The lowest BCUT2D eigenvalue weighted by atomic mass is 10.2. The Morgan fingerprint density at radius 2 is 2.07 bits per heavy atom. The van der Waals surface area contributed by atoms with Crippen molar-refractivity contribution in [2.45, 2.75) is 19.5 Å². The second-order valence-electron chi connectivity index (χ2n) is 6.55. The van der Waals surface area contributed by atoms with Gasteiger partial charge in [-0.2, -0.15) is 4.98 Å². The van der Waals surface area contributed by atoms with Crippen LogP contribution in [0.2, 0.25) is 0 Å². The van der Waals surface area contributed by atoms with Gasteiger partial charge in [0.25, 0.3) is 5.56 Å². The number of ether oxygens (including phenoxy) is 1. The third kappa shape index (κ3) is 2.65. The number of fused-ring (bicyclic) bond motifs is 3. The summed E-state index contributed by atoms with van der Waals surface area (Å²) in [7, 11) is 3.05. The molecule has 10 heteroatoms. The van der Waals surface area contributed by atoms with E-state index in [-0.39, 0.29) is 11.2 Å². The van der Waals surface area contributed by atoms with E-state index in [0.29, 0.717) is 29.4 Å². The van der Waals surface area contributed by atoms with E-state index in [4.69, 9.17) is 4.74 Å². The van der Waals surface area contributed by atoms with Crippen LogP contribution >= 0.6 is 0 Å². The molecule has 28 heavy (non-hydrogen) atoms. The molecule has 146 valence electrons. The fourth-order valence-electron chi connectivity index (χ4n) is 3.56. The Balaban J connectivity index is 1.97. The molecule has 4 rings (SSSR count). The normalized spacial score (nSPS) is 13.6. The van der Waals surface area contributed by atoms with Crippen LogP contribution in [0.3, 0.4) is 0 Å². The molecule has 0 amide bonds. The summed E-state index contributed by atoms with van der Waals surface area (Å²) in [6.07, 6.45) is 0.748. The van der Waals surface area contributed by atoms with Crippen LogP contribution in [0.15, 0.2) is 33.9 Å². The van der Waals surface area contributed by atoms with Crippen LogP contribution < -0.4 is 26.0 Å². The van der Waals surface area contributed by atoms with Crippen molar-refractivity contribution >= 4 is 28.8 Å². The third-order valence-corrected chi connectivity index (χ3v) is 4.87. The van der Waals surface area contributed by atoms with E-state index in [1.807, 2.05) is 29.2 Å². The van der Waals surface area contributed by atoms with Gasteiger partial charge in [-0.25, -0.2) is 4.79 Å². The largest absolute Gasteiger partial charge is 0.548 e. The minimum absolute atomic E-state index is 0.200. The molecular weight excluding hydrogens is 366 g/mol. The number of hydrogen-bond donors (Lipinski definition) is 0. The highest BCUT2D eigenvalue weighted by atomic mass is 16.5. The Hall–Kier alpha value is -3.56. The van der Waals surface area contributed by atoms with Crippen LogP contribution in [0.5, 0.6) is 5.75 Å². The minimum Gasteiger partial charge on any atom is -0.548 e. The standard InChI is InChI=1S/C18H19N5O5/c1-20-15-14(16(26)23(18(20)27)10-13(24)25)22-8-4-7-21(17(22)19-15)11-5-3-6-12(9-11)28-2/h3,5-6,9H,4,7-8,10H2,1-2H3,(H,24,25)/p-1. The first kappa shape index (κ1) is 17.8. The Labute approximate surface area is 158 Å². The molecule has 3 heterocycles. The highest BCUT2D eigenvalue weighted by Crippen LogP contribution is 2.32. The molecular formula is C18H18N5O5-. The van der Waals surface area contributed by atoms with E-state index in [9.17, 15) is 19.5 Å². The SMILES string of the molecule is COc1cccc(N2CCCn3c2nc2c3c(=O)n(CC(=O)[O-])c(=O)n2C)c1. The number of methoxy groups -OCH3 is 1. The molecule has 0 aliphatic carbocycles. The van der Waals surface area contributed by atoms with Crippen molar-refractivity contribution in [3.05, 3.63) is 45.1 Å². The summed E-state index contributed by atoms with van der Waals surface area (Å²) in [4.78, 5) is 42.8. The monoisotopic (exact) mass is 384 g/mol. The van der Waals surface area contributed by atoms with Crippen molar-refractivity contribution in [2.24, 2.45) is 7.05 Å². The van der Waals surface area contributed by atoms with Crippen molar-refractivity contribution in [3.8, 4) is 5.75 Å². The average Bonchev–Trinajstić information content (AvgIpc) is 3.09. The first-order chi connectivity index (χ1) is 13.4. The molecule has 0 spiro atoms. The van der Waals surface area contributed by atoms with Crippen molar-refractivity contribution < 1.29 is 14.6 Å². The lowest BCUT2D eigenvalue weighted by Crippen LogP contribution is -2.44. The number of carbonyl (C=O) groups excluding carboxylic acids is 1. The average molecular weight is 384 g/mol. The van der Waals surface area contributed by atoms with Crippen LogP contribution in [0.1, 0.15) is 6.42 Å². The zero-order valence-electron chi connectivity index (χ0n) is 15.4. The second kappa shape index (κ2) is 6.55. The zero-order valence-corrected chi connectivity index (χ0v) is 15.4. The van der Waals surface area contributed by atoms with Crippen LogP contribution in [-0.2, 0) is 24.9 Å². The van der Waals surface area contributed by atoms with Gasteiger partial charge in [0.1, 0.15) is 5.75 Å². The van der Waals surface area contributed by atoms with Crippen molar-refractivity contribution in [1.82, 2.24) is 18.7 Å². The Morgan fingerprint density at radius 1 is 1.29 bits per heavy atom. The van der Waals surface area contributed by atoms with E-state index in [1.165, 1.54) is 11.6 Å². The number of hydrogen-bond acceptors (Lipinski definition) is 7. The van der Waals surface area contributed by atoms with Crippen molar-refractivity contribution in [2.75, 3.05) is 18.6 Å². The van der Waals surface area contributed by atoms with Gasteiger partial charge < -0.3 is 24.1 Å². The lowest BCUT2D eigenvalue weighted by molar-refractivity contribution is -0.306. The maximum atomic E-state index is 12.9. The Kier molecular flexibility index (Phi) is 4.17. The number of imidazole rings is 1. The molecule has 0 atom stereocenters. The zero-order chi connectivity index (χ0) is 20.0. The van der Waals surface area contributed by atoms with Crippen molar-refractivity contribution in [3.63, 3.8) is 0 Å². The number of anilines is 2. The van der Waals surface area contributed by atoms with Crippen LogP contribution in [-0.4, -0.2) is 38.3 Å². The number of aryl methyl sites for hydroxylation is 2. The van der Waals surface area contributed by atoms with Gasteiger partial charge in [0.05, 0.1) is 19.6 Å². The number of nitrogens with zero attached hydrogens (tertiary/aromatic N) is 5. The third-order valence-electron chi connectivity index (χ3n) is 4.87. The number of rotatable bonds is 4. The van der Waals surface area contributed by atoms with E-state index < -0.39 is 23.8 Å². The summed E-state index contributed by atoms with van der Waals surface area (Å²) < 4.78 is 8.87. The Bertz CT molecular complexity index is 1210. The smallest absolute Gasteiger partial charge is 0.332 e. The number of carboxylic acid groups (broad SMARTS) is 1. The highest BCUT2D eigenvalue weighted by molar-refractivity contribution is 5.77. The van der Waals surface area contributed by atoms with E-state index in [0.717, 1.165) is 12.1 Å². The fraction of sp³-hybridized carbons (Fsp3) is 0.333. The molecule has 3 aromatic rings. The number of benzene rings is 1. The highest BCUT2D eigenvalue weighted by Gasteiger charge is 2.27. The quantitative estimate of drug-likeness (QED) is 0.578. The number of aromatic nitrogens is 4. The van der Waals surface area contributed by atoms with Gasteiger partial charge >= 0.3 is 5.69 Å². The molecule has 0 saturated heterocycles. The topological polar surface area (TPSA) is 114 Å². The molecule has 0 unspecified atom stereocenters. The minimum atomic E-state index is -1.50. The fourth-order valence-corrected chi connectivity index (χ4v) is 3.56. The predicted octanol–water partition coefficient (Wildman–Crippen LogP) is -0.803. The summed E-state index contributed by atoms with van der Waals surface area (Å²) in [6, 6.07) is 7.46. The summed E-state index contributed by atoms with van der Waals surface area (Å²) in [6.45, 7) is 0.407. The first-order valence-corrected chi connectivity index (χ1v) is 8.74. The lowest BCUT2D eigenvalue weighted by Gasteiger charge is -2.29. The molecule has 1 aliphatic rings. The second-order valence-corrected chi connectivity index (χ2v) is 6.55. The maximum Gasteiger partial charge on any atom is 0.332 e. The van der Waals surface area contributed by atoms with Crippen LogP contribution in [0.4, 0.5) is 11.6 Å². The van der Waals surface area contributed by atoms with Gasteiger partial charge in [0.15, 0.2) is 11.2 Å². The molecule has 1 aliphatic heterocycles. The van der Waals surface area contributed by atoms with Gasteiger partial charge in [-0.05, 0) is 18.6 Å². The van der Waals surface area contributed by atoms with Gasteiger partial charge in [0.2, 0.25) is 5.95 Å². The maximum absolute atomic E-state index is 12.9. The summed E-state index contributed by atoms with van der Waals surface area (Å²) >= 11 is 0. The first-order valence-electron chi connectivity index (χ1n) is 8.74. The van der Waals surface area contributed by atoms with E-state index in [2.05, 4.69) is 4.98 Å². The predicted molar refractivity (Wildman–Crippen MR) is 98.9 cm³/mol. The molecule has 0 saturated carbocycles. The Morgan fingerprint density at radius 3 is 2.79 bits per heavy atom. The van der Waals surface area contributed by atoms with Gasteiger partial charge in [0, 0.05) is 31.9 Å². The molecule has 2 aromatic heterocycles. The van der Waals surface area contributed by atoms with Crippen molar-refractivity contribution in [1.29, 1.82) is 0 Å². The molecule has 0 bridgehead atoms.